The number of fused-ring (bicyclic) bond motifs is 2. The number of hydrogen-bond donors (Lipinski definition) is 1. The summed E-state index contributed by atoms with van der Waals surface area (Å²) in [4.78, 5) is 12.4. The Kier molecular flexibility index (Phi) is 5.46. The van der Waals surface area contributed by atoms with E-state index in [1.54, 1.807) is 0 Å². The number of carbonyl (C=O) groups excluding carboxylic acids is 1. The van der Waals surface area contributed by atoms with Gasteiger partial charge in [0.05, 0.1) is 12.7 Å². The number of benzene rings is 2. The molecule has 0 unspecified atom stereocenters. The number of amides is 1. The summed E-state index contributed by atoms with van der Waals surface area (Å²) in [6.07, 6.45) is 1.97. The van der Waals surface area contributed by atoms with Crippen LogP contribution in [0, 0.1) is 23.2 Å². The fraction of sp³-hybridized carbons (Fsp3) is 0.400. The molecule has 0 spiro atoms. The molecule has 0 radical (unpaired) electrons. The molecule has 4 nitrogen and oxygen atoms in total. The van der Waals surface area contributed by atoms with Crippen LogP contribution in [0.1, 0.15) is 32.4 Å². The molecule has 2 bridgehead atoms. The minimum Gasteiger partial charge on any atom is -0.449 e. The molecular formula is C25H29NO3. The van der Waals surface area contributed by atoms with Crippen LogP contribution < -0.4 is 5.32 Å². The Labute approximate surface area is 172 Å². The third-order valence-corrected chi connectivity index (χ3v) is 6.87. The summed E-state index contributed by atoms with van der Waals surface area (Å²) in [6.45, 7) is 7.62. The van der Waals surface area contributed by atoms with E-state index < -0.39 is 6.09 Å². The van der Waals surface area contributed by atoms with E-state index >= 15 is 0 Å². The van der Waals surface area contributed by atoms with Gasteiger partial charge in [-0.1, -0.05) is 74.0 Å². The molecule has 2 aliphatic rings. The van der Waals surface area contributed by atoms with E-state index in [1.165, 1.54) is 11.1 Å². The Balaban J connectivity index is 1.52. The molecule has 1 amide bonds. The molecule has 1 aliphatic heterocycles. The van der Waals surface area contributed by atoms with Gasteiger partial charge in [0.15, 0.2) is 0 Å². The fourth-order valence-corrected chi connectivity index (χ4v) is 5.08. The highest BCUT2D eigenvalue weighted by atomic mass is 16.6. The molecular weight excluding hydrogens is 362 g/mol. The maximum absolute atomic E-state index is 12.4. The monoisotopic (exact) mass is 391 g/mol. The largest absolute Gasteiger partial charge is 0.449 e. The van der Waals surface area contributed by atoms with Crippen molar-refractivity contribution in [2.75, 3.05) is 18.5 Å². The van der Waals surface area contributed by atoms with Gasteiger partial charge in [-0.3, -0.25) is 5.32 Å². The molecule has 1 aliphatic carbocycles. The zero-order valence-electron chi connectivity index (χ0n) is 17.3. The first-order valence-electron chi connectivity index (χ1n) is 10.3. The van der Waals surface area contributed by atoms with Gasteiger partial charge in [-0.15, -0.1) is 0 Å². The van der Waals surface area contributed by atoms with Gasteiger partial charge in [0.25, 0.3) is 0 Å². The van der Waals surface area contributed by atoms with Crippen molar-refractivity contribution in [3.63, 3.8) is 0 Å². The van der Waals surface area contributed by atoms with Gasteiger partial charge in [0, 0.05) is 17.0 Å². The second-order valence-corrected chi connectivity index (χ2v) is 8.46. The molecule has 1 N–H and O–H groups in total. The van der Waals surface area contributed by atoms with Crippen molar-refractivity contribution in [1.82, 2.24) is 0 Å². The predicted molar refractivity (Wildman–Crippen MR) is 115 cm³/mol. The minimum absolute atomic E-state index is 0.0428. The van der Waals surface area contributed by atoms with Crippen LogP contribution in [0.25, 0.3) is 0 Å². The van der Waals surface area contributed by atoms with Crippen molar-refractivity contribution < 1.29 is 14.3 Å². The molecule has 2 aromatic carbocycles. The predicted octanol–water partition coefficient (Wildman–Crippen LogP) is 5.84. The van der Waals surface area contributed by atoms with E-state index in [4.69, 9.17) is 9.47 Å². The highest BCUT2D eigenvalue weighted by Gasteiger charge is 2.54. The summed E-state index contributed by atoms with van der Waals surface area (Å²) in [5, 5.41) is 2.81. The molecule has 2 aromatic rings. The van der Waals surface area contributed by atoms with E-state index in [1.807, 2.05) is 36.4 Å². The minimum atomic E-state index is -0.419. The standard InChI is InChI=1S/C25H29NO3/c1-17-14-18(2)25(16-29-24(27)26-21-12-8-5-9-13-21)15-28-23(22(17)19(25)3)20-10-6-4-7-11-20/h4-14,18-19,22-23H,15-16H2,1-3H3,(H,26,27)/t18-,19-,22-,23-,25+/m0/s1. The molecule has 4 heteroatoms. The number of ether oxygens (including phenoxy) is 2. The third kappa shape index (κ3) is 3.69. The van der Waals surface area contributed by atoms with Crippen LogP contribution in [0.3, 0.4) is 0 Å². The number of allylic oxidation sites excluding steroid dienone is 1. The highest BCUT2D eigenvalue weighted by molar-refractivity contribution is 5.84. The van der Waals surface area contributed by atoms with Gasteiger partial charge >= 0.3 is 6.09 Å². The summed E-state index contributed by atoms with van der Waals surface area (Å²) >= 11 is 0. The first-order chi connectivity index (χ1) is 14.0. The van der Waals surface area contributed by atoms with Crippen LogP contribution in [0.5, 0.6) is 0 Å². The van der Waals surface area contributed by atoms with Crippen molar-refractivity contribution in [1.29, 1.82) is 0 Å². The second kappa shape index (κ2) is 8.03. The van der Waals surface area contributed by atoms with Crippen LogP contribution in [-0.2, 0) is 9.47 Å². The van der Waals surface area contributed by atoms with Crippen molar-refractivity contribution >= 4 is 11.8 Å². The van der Waals surface area contributed by atoms with Gasteiger partial charge in [-0.2, -0.15) is 0 Å². The molecule has 0 aromatic heterocycles. The first kappa shape index (κ1) is 19.7. The Bertz CT molecular complexity index is 879. The Morgan fingerprint density at radius 1 is 1.10 bits per heavy atom. The van der Waals surface area contributed by atoms with E-state index in [2.05, 4.69) is 56.4 Å². The Hall–Kier alpha value is -2.59. The van der Waals surface area contributed by atoms with Crippen molar-refractivity contribution in [2.24, 2.45) is 23.2 Å². The lowest BCUT2D eigenvalue weighted by Crippen LogP contribution is -2.54. The molecule has 4 rings (SSSR count). The fourth-order valence-electron chi connectivity index (χ4n) is 5.08. The Morgan fingerprint density at radius 2 is 1.76 bits per heavy atom. The van der Waals surface area contributed by atoms with E-state index in [9.17, 15) is 4.79 Å². The normalized spacial score (nSPS) is 30.9. The lowest BCUT2D eigenvalue weighted by molar-refractivity contribution is -0.165. The molecule has 29 heavy (non-hydrogen) atoms. The lowest BCUT2D eigenvalue weighted by Gasteiger charge is -2.55. The molecule has 1 fully saturated rings. The molecule has 1 heterocycles. The average Bonchev–Trinajstić information content (AvgIpc) is 2.73. The van der Waals surface area contributed by atoms with Crippen LogP contribution in [-0.4, -0.2) is 19.3 Å². The highest BCUT2D eigenvalue weighted by Crippen LogP contribution is 2.56. The number of rotatable bonds is 4. The molecule has 0 saturated carbocycles. The van der Waals surface area contributed by atoms with Crippen LogP contribution in [0.2, 0.25) is 0 Å². The molecule has 1 saturated heterocycles. The van der Waals surface area contributed by atoms with Gasteiger partial charge < -0.3 is 9.47 Å². The average molecular weight is 392 g/mol. The molecule has 5 atom stereocenters. The van der Waals surface area contributed by atoms with Gasteiger partial charge in [0.2, 0.25) is 0 Å². The smallest absolute Gasteiger partial charge is 0.411 e. The number of nitrogens with one attached hydrogen (secondary N) is 1. The summed E-state index contributed by atoms with van der Waals surface area (Å²) < 4.78 is 12.2. The summed E-state index contributed by atoms with van der Waals surface area (Å²) in [5.41, 5.74) is 3.09. The van der Waals surface area contributed by atoms with Crippen molar-refractivity contribution in [3.05, 3.63) is 77.9 Å². The molecule has 152 valence electrons. The number of carbonyl (C=O) groups is 1. The van der Waals surface area contributed by atoms with Gasteiger partial charge in [-0.05, 0) is 36.5 Å². The van der Waals surface area contributed by atoms with E-state index in [0.29, 0.717) is 19.1 Å². The van der Waals surface area contributed by atoms with Gasteiger partial charge in [0.1, 0.15) is 6.61 Å². The summed E-state index contributed by atoms with van der Waals surface area (Å²) in [7, 11) is 0. The first-order valence-corrected chi connectivity index (χ1v) is 10.3. The Morgan fingerprint density at radius 3 is 2.45 bits per heavy atom. The third-order valence-electron chi connectivity index (χ3n) is 6.87. The number of para-hydroxylation sites is 1. The SMILES string of the molecule is CC1=C[C@H](C)[C@]2(COC(=O)Nc3ccccc3)CO[C@@H](c3ccccc3)[C@@H]1[C@@H]2C. The zero-order chi connectivity index (χ0) is 20.4. The topological polar surface area (TPSA) is 47.6 Å². The number of anilines is 1. The maximum Gasteiger partial charge on any atom is 0.411 e. The summed E-state index contributed by atoms with van der Waals surface area (Å²) in [5.74, 6) is 0.893. The van der Waals surface area contributed by atoms with E-state index in [0.717, 1.165) is 5.69 Å². The lowest BCUT2D eigenvalue weighted by atomic mass is 9.56. The van der Waals surface area contributed by atoms with Crippen molar-refractivity contribution in [3.8, 4) is 0 Å². The second-order valence-electron chi connectivity index (χ2n) is 8.46. The van der Waals surface area contributed by atoms with Crippen LogP contribution in [0.15, 0.2) is 72.3 Å². The van der Waals surface area contributed by atoms with Crippen molar-refractivity contribution in [2.45, 2.75) is 26.9 Å². The quantitative estimate of drug-likeness (QED) is 0.666. The zero-order valence-corrected chi connectivity index (χ0v) is 17.3. The van der Waals surface area contributed by atoms with E-state index in [-0.39, 0.29) is 23.4 Å². The number of hydrogen-bond acceptors (Lipinski definition) is 3. The summed E-state index contributed by atoms with van der Waals surface area (Å²) in [6, 6.07) is 19.8. The van der Waals surface area contributed by atoms with Gasteiger partial charge in [-0.25, -0.2) is 4.79 Å². The van der Waals surface area contributed by atoms with Crippen LogP contribution >= 0.6 is 0 Å². The van der Waals surface area contributed by atoms with Crippen LogP contribution in [0.4, 0.5) is 10.5 Å². The maximum atomic E-state index is 12.4.